The molecule has 0 amide bonds. The Bertz CT molecular complexity index is 2120. The average molecular weight is 526 g/mol. The van der Waals surface area contributed by atoms with Gasteiger partial charge in [0.25, 0.3) is 0 Å². The van der Waals surface area contributed by atoms with Gasteiger partial charge < -0.3 is 0 Å². The summed E-state index contributed by atoms with van der Waals surface area (Å²) < 4.78 is 0. The second-order valence-electron chi connectivity index (χ2n) is 11.9. The Balaban J connectivity index is 1.27. The average Bonchev–Trinajstić information content (AvgIpc) is 3.57. The number of hydrogen-bond acceptors (Lipinski definition) is 0. The Morgan fingerprint density at radius 2 is 0.571 bits per heavy atom. The Labute approximate surface area is 245 Å². The topological polar surface area (TPSA) is 0 Å². The molecule has 2 aliphatic rings. The van der Waals surface area contributed by atoms with E-state index < -0.39 is 0 Å². The second-order valence-corrected chi connectivity index (χ2v) is 11.9. The summed E-state index contributed by atoms with van der Waals surface area (Å²) >= 11 is 0. The van der Waals surface area contributed by atoms with Crippen LogP contribution >= 0.6 is 0 Å². The lowest BCUT2D eigenvalue weighted by atomic mass is 9.38. The highest BCUT2D eigenvalue weighted by atomic mass is 14.2. The van der Waals surface area contributed by atoms with E-state index >= 15 is 0 Å². The fourth-order valence-corrected chi connectivity index (χ4v) is 8.33. The third-order valence-corrected chi connectivity index (χ3v) is 10.0. The van der Waals surface area contributed by atoms with Crippen molar-refractivity contribution in [1.29, 1.82) is 0 Å². The van der Waals surface area contributed by atoms with Crippen molar-refractivity contribution in [1.82, 2.24) is 0 Å². The normalized spacial score (nSPS) is 13.1. The Morgan fingerprint density at radius 1 is 0.262 bits per heavy atom. The Hall–Kier alpha value is -5.07. The van der Waals surface area contributed by atoms with E-state index in [9.17, 15) is 0 Å². The molecule has 0 N–H and O–H groups in total. The zero-order chi connectivity index (χ0) is 27.4. The van der Waals surface area contributed by atoms with Gasteiger partial charge in [-0.25, -0.2) is 0 Å². The smallest absolute Gasteiger partial charge is 0.0664 e. The molecule has 0 spiro atoms. The van der Waals surface area contributed by atoms with E-state index in [1.807, 2.05) is 0 Å². The van der Waals surface area contributed by atoms with Gasteiger partial charge in [0.15, 0.2) is 0 Å². The highest BCUT2D eigenvalue weighted by molar-refractivity contribution is 7.01. The van der Waals surface area contributed by atoms with E-state index in [1.54, 1.807) is 0 Å². The van der Waals surface area contributed by atoms with Crippen molar-refractivity contribution >= 4 is 78.5 Å². The quantitative estimate of drug-likeness (QED) is 0.204. The highest BCUT2D eigenvalue weighted by Gasteiger charge is 2.36. The summed E-state index contributed by atoms with van der Waals surface area (Å²) in [6, 6.07) is 54.8. The molecule has 0 bridgehead atoms. The lowest BCUT2D eigenvalue weighted by Crippen LogP contribution is -2.49. The minimum atomic E-state index is 0.232. The fraction of sp³-hybridized carbons (Fsp3) is 0. The number of rotatable bonds is 2. The van der Waals surface area contributed by atoms with Crippen LogP contribution in [-0.4, -0.2) is 13.4 Å². The predicted octanol–water partition coefficient (Wildman–Crippen LogP) is 5.58. The zero-order valence-electron chi connectivity index (χ0n) is 23.0. The van der Waals surface area contributed by atoms with Crippen LogP contribution in [0.5, 0.6) is 0 Å². The SMILES string of the molecule is c1ccc2c(c1)B(c1ccc3ccc4c(B5c6ccccc6-c6ccccc65)ccc5ccc1c3c54)c1ccccc1-2. The molecule has 8 aromatic carbocycles. The molecule has 2 heterocycles. The van der Waals surface area contributed by atoms with Crippen LogP contribution in [0, 0.1) is 0 Å². The molecule has 0 aliphatic carbocycles. The minimum absolute atomic E-state index is 0.232. The van der Waals surface area contributed by atoms with Crippen LogP contribution in [0.15, 0.2) is 146 Å². The van der Waals surface area contributed by atoms with E-state index in [0.717, 1.165) is 0 Å². The van der Waals surface area contributed by atoms with Gasteiger partial charge >= 0.3 is 0 Å². The van der Waals surface area contributed by atoms with E-state index in [-0.39, 0.29) is 13.4 Å². The minimum Gasteiger partial charge on any atom is -0.0664 e. The third kappa shape index (κ3) is 2.84. The van der Waals surface area contributed by atoms with E-state index in [1.165, 1.54) is 87.3 Å². The maximum atomic E-state index is 2.38. The van der Waals surface area contributed by atoms with Gasteiger partial charge in [0.05, 0.1) is 0 Å². The third-order valence-electron chi connectivity index (χ3n) is 10.0. The summed E-state index contributed by atoms with van der Waals surface area (Å²) in [5.41, 5.74) is 13.9. The molecule has 10 rings (SSSR count). The van der Waals surface area contributed by atoms with Crippen molar-refractivity contribution in [2.24, 2.45) is 0 Å². The maximum absolute atomic E-state index is 2.38. The summed E-state index contributed by atoms with van der Waals surface area (Å²) in [7, 11) is 0. The summed E-state index contributed by atoms with van der Waals surface area (Å²) in [5, 5.41) is 8.15. The summed E-state index contributed by atoms with van der Waals surface area (Å²) in [6.07, 6.45) is 0. The first-order chi connectivity index (χ1) is 20.9. The summed E-state index contributed by atoms with van der Waals surface area (Å²) in [4.78, 5) is 0. The van der Waals surface area contributed by atoms with Gasteiger partial charge in [-0.15, -0.1) is 0 Å². The molecule has 0 atom stereocenters. The number of fused-ring (bicyclic) bond motifs is 6. The van der Waals surface area contributed by atoms with Gasteiger partial charge in [0.2, 0.25) is 13.4 Å². The standard InChI is InChI=1S/C40H24B2/c1-5-13-33-27(9-1)28-10-2-6-14-34(28)41(33)37-23-19-25-18-22-32-38(24-20-26-17-21-31(37)39(25)40(26)32)42-35-15-7-3-11-29(35)30-12-4-8-16-36(30)42/h1-24H. The molecule has 2 heteroatoms. The Kier molecular flexibility index (Phi) is 4.43. The summed E-state index contributed by atoms with van der Waals surface area (Å²) in [5.74, 6) is 0. The van der Waals surface area contributed by atoms with Gasteiger partial charge in [0.1, 0.15) is 0 Å². The molecule has 8 aromatic rings. The van der Waals surface area contributed by atoms with Crippen molar-refractivity contribution in [3.05, 3.63) is 146 Å². The molecule has 0 unspecified atom stereocenters. The van der Waals surface area contributed by atoms with Crippen molar-refractivity contribution < 1.29 is 0 Å². The fourth-order valence-electron chi connectivity index (χ4n) is 8.33. The predicted molar refractivity (Wildman–Crippen MR) is 183 cm³/mol. The maximum Gasteiger partial charge on any atom is 0.243 e. The largest absolute Gasteiger partial charge is 0.243 e. The van der Waals surface area contributed by atoms with Gasteiger partial charge in [-0.1, -0.05) is 178 Å². The van der Waals surface area contributed by atoms with E-state index in [4.69, 9.17) is 0 Å². The molecule has 0 saturated heterocycles. The van der Waals surface area contributed by atoms with Crippen LogP contribution in [0.25, 0.3) is 54.6 Å². The van der Waals surface area contributed by atoms with Crippen LogP contribution in [0.3, 0.4) is 0 Å². The van der Waals surface area contributed by atoms with Gasteiger partial charge in [-0.05, 0) is 54.6 Å². The van der Waals surface area contributed by atoms with Crippen LogP contribution in [0.4, 0.5) is 0 Å². The molecule has 0 fully saturated rings. The molecule has 0 aromatic heterocycles. The monoisotopic (exact) mass is 526 g/mol. The second kappa shape index (κ2) is 8.24. The zero-order valence-corrected chi connectivity index (χ0v) is 23.0. The molecular weight excluding hydrogens is 502 g/mol. The first-order valence-electron chi connectivity index (χ1n) is 14.9. The molecule has 190 valence electrons. The van der Waals surface area contributed by atoms with Gasteiger partial charge in [0, 0.05) is 0 Å². The molecule has 0 saturated carbocycles. The highest BCUT2D eigenvalue weighted by Crippen LogP contribution is 2.35. The molecular formula is C40H24B2. The summed E-state index contributed by atoms with van der Waals surface area (Å²) in [6.45, 7) is 0.463. The van der Waals surface area contributed by atoms with Crippen LogP contribution < -0.4 is 32.8 Å². The van der Waals surface area contributed by atoms with Crippen LogP contribution in [-0.2, 0) is 0 Å². The molecule has 42 heavy (non-hydrogen) atoms. The first-order valence-corrected chi connectivity index (χ1v) is 14.9. The van der Waals surface area contributed by atoms with Gasteiger partial charge in [-0.2, -0.15) is 0 Å². The number of benzene rings is 8. The van der Waals surface area contributed by atoms with E-state index in [0.29, 0.717) is 0 Å². The van der Waals surface area contributed by atoms with Crippen molar-refractivity contribution in [2.45, 2.75) is 0 Å². The lowest BCUT2D eigenvalue weighted by molar-refractivity contribution is 1.71. The molecule has 0 nitrogen and oxygen atoms in total. The van der Waals surface area contributed by atoms with E-state index in [2.05, 4.69) is 146 Å². The van der Waals surface area contributed by atoms with Crippen molar-refractivity contribution in [2.75, 3.05) is 0 Å². The Morgan fingerprint density at radius 3 is 0.929 bits per heavy atom. The first kappa shape index (κ1) is 22.6. The molecule has 0 radical (unpaired) electrons. The lowest BCUT2D eigenvalue weighted by Gasteiger charge is -2.20. The van der Waals surface area contributed by atoms with Gasteiger partial charge in [-0.3, -0.25) is 0 Å². The van der Waals surface area contributed by atoms with Crippen LogP contribution in [0.1, 0.15) is 0 Å². The van der Waals surface area contributed by atoms with Crippen LogP contribution in [0.2, 0.25) is 0 Å². The number of hydrogen-bond donors (Lipinski definition) is 0. The van der Waals surface area contributed by atoms with Crippen molar-refractivity contribution in [3.8, 4) is 22.3 Å². The molecule has 2 aliphatic heterocycles. The van der Waals surface area contributed by atoms with Crippen molar-refractivity contribution in [3.63, 3.8) is 0 Å².